The maximum atomic E-state index is 11.1. The summed E-state index contributed by atoms with van der Waals surface area (Å²) < 4.78 is 5.05. The lowest BCUT2D eigenvalue weighted by atomic mass is 10.2. The average Bonchev–Trinajstić information content (AvgIpc) is 1.82. The Balaban J connectivity index is 4.16. The number of carbonyl (C=O) groups excluding carboxylic acids is 1. The first-order valence-electron chi connectivity index (χ1n) is 3.89. The summed E-state index contributed by atoms with van der Waals surface area (Å²) in [6, 6.07) is 0. The quantitative estimate of drug-likeness (QED) is 0.359. The number of ether oxygens (including phenoxy) is 1. The van der Waals surface area contributed by atoms with Gasteiger partial charge < -0.3 is 4.74 Å². The fourth-order valence-corrected chi connectivity index (χ4v) is 0.576. The Morgan fingerprint density at radius 3 is 2.25 bits per heavy atom. The lowest BCUT2D eigenvalue weighted by Crippen LogP contribution is -2.22. The van der Waals surface area contributed by atoms with Crippen molar-refractivity contribution in [3.63, 3.8) is 0 Å². The van der Waals surface area contributed by atoms with Crippen LogP contribution in [0.2, 0.25) is 0 Å². The van der Waals surface area contributed by atoms with Crippen molar-refractivity contribution in [1.29, 1.82) is 0 Å². The van der Waals surface area contributed by atoms with E-state index in [4.69, 9.17) is 4.74 Å². The van der Waals surface area contributed by atoms with Crippen LogP contribution in [0.3, 0.4) is 0 Å². The number of carbonyl (C=O) groups is 1. The first-order chi connectivity index (χ1) is 5.35. The molecular weight excluding hydrogens is 152 g/mol. The molecule has 0 radical (unpaired) electrons. The molecule has 0 saturated carbocycles. The third-order valence-electron chi connectivity index (χ3n) is 1.07. The van der Waals surface area contributed by atoms with Crippen LogP contribution in [0.4, 0.5) is 0 Å². The van der Waals surface area contributed by atoms with Crippen LogP contribution in [0.1, 0.15) is 27.7 Å². The summed E-state index contributed by atoms with van der Waals surface area (Å²) in [7, 11) is 0. The van der Waals surface area contributed by atoms with Crippen molar-refractivity contribution in [1.82, 2.24) is 0 Å². The summed E-state index contributed by atoms with van der Waals surface area (Å²) in [6.45, 7) is 10.8. The van der Waals surface area contributed by atoms with E-state index in [1.807, 2.05) is 20.8 Å². The Hall–Kier alpha value is -1.05. The van der Waals surface area contributed by atoms with E-state index in [0.717, 1.165) is 5.57 Å². The summed E-state index contributed by atoms with van der Waals surface area (Å²) in [4.78, 5) is 11.1. The molecule has 0 heterocycles. The third kappa shape index (κ3) is 5.71. The Labute approximate surface area is 73.9 Å². The minimum Gasteiger partial charge on any atom is -0.457 e. The summed E-state index contributed by atoms with van der Waals surface area (Å²) in [5.74, 6) is -0.320. The van der Waals surface area contributed by atoms with Gasteiger partial charge in [-0.1, -0.05) is 12.7 Å². The largest absolute Gasteiger partial charge is 0.457 e. The first-order valence-corrected chi connectivity index (χ1v) is 3.89. The van der Waals surface area contributed by atoms with E-state index in [2.05, 4.69) is 6.58 Å². The molecule has 2 heteroatoms. The molecule has 0 atom stereocenters. The van der Waals surface area contributed by atoms with E-state index in [9.17, 15) is 4.79 Å². The average molecular weight is 168 g/mol. The molecular formula is C10H16O2. The van der Waals surface area contributed by atoms with Crippen molar-refractivity contribution in [2.45, 2.75) is 33.3 Å². The third-order valence-corrected chi connectivity index (χ3v) is 1.07. The smallest absolute Gasteiger partial charge is 0.331 e. The van der Waals surface area contributed by atoms with Crippen LogP contribution in [0.25, 0.3) is 0 Å². The van der Waals surface area contributed by atoms with Gasteiger partial charge in [0, 0.05) is 6.08 Å². The van der Waals surface area contributed by atoms with Crippen LogP contribution < -0.4 is 0 Å². The van der Waals surface area contributed by atoms with Gasteiger partial charge in [0.25, 0.3) is 0 Å². The van der Waals surface area contributed by atoms with Gasteiger partial charge in [-0.05, 0) is 33.3 Å². The topological polar surface area (TPSA) is 26.3 Å². The van der Waals surface area contributed by atoms with Gasteiger partial charge in [0.15, 0.2) is 0 Å². The molecule has 0 amide bonds. The van der Waals surface area contributed by atoms with Crippen LogP contribution in [0.5, 0.6) is 0 Å². The van der Waals surface area contributed by atoms with E-state index in [0.29, 0.717) is 0 Å². The zero-order valence-corrected chi connectivity index (χ0v) is 8.18. The first kappa shape index (κ1) is 11.0. The van der Waals surface area contributed by atoms with Crippen LogP contribution in [-0.4, -0.2) is 11.6 Å². The van der Waals surface area contributed by atoms with Crippen molar-refractivity contribution in [3.8, 4) is 0 Å². The molecule has 0 aliphatic heterocycles. The number of rotatable bonds is 2. The molecule has 0 aromatic heterocycles. The minimum atomic E-state index is -0.422. The number of esters is 1. The minimum absolute atomic E-state index is 0.320. The van der Waals surface area contributed by atoms with E-state index in [-0.39, 0.29) is 5.97 Å². The SMILES string of the molecule is C=C/C(C)=C/C(=O)OC(C)(C)C. The fraction of sp³-hybridized carbons (Fsp3) is 0.500. The Morgan fingerprint density at radius 1 is 1.42 bits per heavy atom. The molecule has 0 unspecified atom stereocenters. The molecule has 12 heavy (non-hydrogen) atoms. The number of allylic oxidation sites excluding steroid dienone is 2. The summed E-state index contributed by atoms with van der Waals surface area (Å²) in [5.41, 5.74) is 0.388. The maximum Gasteiger partial charge on any atom is 0.331 e. The highest BCUT2D eigenvalue weighted by atomic mass is 16.6. The predicted molar refractivity (Wildman–Crippen MR) is 49.8 cm³/mol. The molecule has 0 aromatic rings. The predicted octanol–water partition coefficient (Wildman–Crippen LogP) is 2.46. The lowest BCUT2D eigenvalue weighted by molar-refractivity contribution is -0.148. The molecule has 0 aliphatic carbocycles. The maximum absolute atomic E-state index is 11.1. The molecule has 0 N–H and O–H groups in total. The Bertz CT molecular complexity index is 206. The molecule has 0 fully saturated rings. The molecule has 0 spiro atoms. The van der Waals surface area contributed by atoms with E-state index in [1.165, 1.54) is 6.08 Å². The van der Waals surface area contributed by atoms with Gasteiger partial charge in [-0.25, -0.2) is 4.79 Å². The molecule has 0 rings (SSSR count). The molecule has 0 aliphatic rings. The van der Waals surface area contributed by atoms with E-state index < -0.39 is 5.60 Å². The van der Waals surface area contributed by atoms with Crippen LogP contribution in [0, 0.1) is 0 Å². The highest BCUT2D eigenvalue weighted by molar-refractivity contribution is 5.83. The van der Waals surface area contributed by atoms with Crippen molar-refractivity contribution < 1.29 is 9.53 Å². The zero-order chi connectivity index (χ0) is 9.78. The van der Waals surface area contributed by atoms with Gasteiger partial charge in [-0.2, -0.15) is 0 Å². The van der Waals surface area contributed by atoms with Gasteiger partial charge in [0.1, 0.15) is 5.60 Å². The van der Waals surface area contributed by atoms with Gasteiger partial charge in [0.2, 0.25) is 0 Å². The second-order valence-electron chi connectivity index (χ2n) is 3.63. The number of hydrogen-bond acceptors (Lipinski definition) is 2. The van der Waals surface area contributed by atoms with E-state index >= 15 is 0 Å². The monoisotopic (exact) mass is 168 g/mol. The van der Waals surface area contributed by atoms with E-state index in [1.54, 1.807) is 13.0 Å². The van der Waals surface area contributed by atoms with Crippen molar-refractivity contribution >= 4 is 5.97 Å². The van der Waals surface area contributed by atoms with Crippen LogP contribution >= 0.6 is 0 Å². The molecule has 0 saturated heterocycles. The Morgan fingerprint density at radius 2 is 1.92 bits per heavy atom. The molecule has 0 aromatic carbocycles. The van der Waals surface area contributed by atoms with Crippen molar-refractivity contribution in [2.24, 2.45) is 0 Å². The van der Waals surface area contributed by atoms with Gasteiger partial charge >= 0.3 is 5.97 Å². The second kappa shape index (κ2) is 4.10. The van der Waals surface area contributed by atoms with Crippen molar-refractivity contribution in [2.75, 3.05) is 0 Å². The summed E-state index contributed by atoms with van der Waals surface area (Å²) in [6.07, 6.45) is 3.04. The second-order valence-corrected chi connectivity index (χ2v) is 3.63. The normalized spacial score (nSPS) is 12.5. The highest BCUT2D eigenvalue weighted by Crippen LogP contribution is 2.08. The number of hydrogen-bond donors (Lipinski definition) is 0. The molecule has 2 nitrogen and oxygen atoms in total. The van der Waals surface area contributed by atoms with Gasteiger partial charge in [-0.15, -0.1) is 0 Å². The highest BCUT2D eigenvalue weighted by Gasteiger charge is 2.13. The van der Waals surface area contributed by atoms with Crippen molar-refractivity contribution in [3.05, 3.63) is 24.3 Å². The fourth-order valence-electron chi connectivity index (χ4n) is 0.576. The molecule has 68 valence electrons. The molecule has 0 bridgehead atoms. The lowest BCUT2D eigenvalue weighted by Gasteiger charge is -2.18. The standard InChI is InChI=1S/C10H16O2/c1-6-8(2)7-9(11)12-10(3,4)5/h6-7H,1H2,2-5H3/b8-7+. The van der Waals surface area contributed by atoms with Crippen LogP contribution in [-0.2, 0) is 9.53 Å². The zero-order valence-electron chi connectivity index (χ0n) is 8.18. The van der Waals surface area contributed by atoms with Gasteiger partial charge in [0.05, 0.1) is 0 Å². The van der Waals surface area contributed by atoms with Crippen LogP contribution in [0.15, 0.2) is 24.3 Å². The Kier molecular flexibility index (Phi) is 3.74. The summed E-state index contributed by atoms with van der Waals surface area (Å²) in [5, 5.41) is 0. The summed E-state index contributed by atoms with van der Waals surface area (Å²) >= 11 is 0. The van der Waals surface area contributed by atoms with Gasteiger partial charge in [-0.3, -0.25) is 0 Å².